The van der Waals surface area contributed by atoms with E-state index in [4.69, 9.17) is 16.6 Å². The number of hydrogen-bond acceptors (Lipinski definition) is 4. The molecule has 1 atom stereocenters. The Morgan fingerprint density at radius 2 is 2.04 bits per heavy atom. The van der Waals surface area contributed by atoms with Crippen LogP contribution in [0.3, 0.4) is 0 Å². The minimum absolute atomic E-state index is 0.192. The summed E-state index contributed by atoms with van der Waals surface area (Å²) in [6.45, 7) is 4.77. The Labute approximate surface area is 159 Å². The van der Waals surface area contributed by atoms with Crippen molar-refractivity contribution in [3.05, 3.63) is 52.1 Å². The molecule has 2 aliphatic rings. The van der Waals surface area contributed by atoms with Gasteiger partial charge >= 0.3 is 0 Å². The van der Waals surface area contributed by atoms with Crippen molar-refractivity contribution < 1.29 is 8.42 Å². The predicted octanol–water partition coefficient (Wildman–Crippen LogP) is 3.42. The maximum Gasteiger partial charge on any atom is 0.243 e. The molecule has 1 aliphatic carbocycles. The first-order valence-electron chi connectivity index (χ1n) is 8.91. The second kappa shape index (κ2) is 6.29. The van der Waals surface area contributed by atoms with Crippen LogP contribution in [-0.2, 0) is 21.9 Å². The largest absolute Gasteiger partial charge is 0.243 e. The molecule has 0 N–H and O–H groups in total. The van der Waals surface area contributed by atoms with E-state index in [1.807, 2.05) is 20.0 Å². The van der Waals surface area contributed by atoms with Crippen LogP contribution in [0.1, 0.15) is 41.9 Å². The van der Waals surface area contributed by atoms with E-state index in [9.17, 15) is 8.42 Å². The van der Waals surface area contributed by atoms with Crippen LogP contribution < -0.4 is 0 Å². The van der Waals surface area contributed by atoms with Gasteiger partial charge in [0.15, 0.2) is 0 Å². The Kier molecular flexibility index (Phi) is 4.33. The zero-order chi connectivity index (χ0) is 18.5. The summed E-state index contributed by atoms with van der Waals surface area (Å²) < 4.78 is 28.0. The highest BCUT2D eigenvalue weighted by atomic mass is 35.5. The van der Waals surface area contributed by atoms with E-state index in [-0.39, 0.29) is 10.3 Å². The molecule has 1 aliphatic heterocycles. The summed E-state index contributed by atoms with van der Waals surface area (Å²) in [5.41, 5.74) is 2.89. The molecule has 1 fully saturated rings. The van der Waals surface area contributed by atoms with Crippen LogP contribution in [0.15, 0.2) is 29.3 Å². The van der Waals surface area contributed by atoms with Crippen LogP contribution in [0.4, 0.5) is 0 Å². The highest BCUT2D eigenvalue weighted by molar-refractivity contribution is 7.89. The average molecular weight is 392 g/mol. The third-order valence-corrected chi connectivity index (χ3v) is 7.93. The van der Waals surface area contributed by atoms with E-state index in [1.54, 1.807) is 22.5 Å². The van der Waals surface area contributed by atoms with E-state index in [1.165, 1.54) is 0 Å². The van der Waals surface area contributed by atoms with Gasteiger partial charge in [0.2, 0.25) is 10.0 Å². The van der Waals surface area contributed by atoms with E-state index in [0.717, 1.165) is 48.3 Å². The van der Waals surface area contributed by atoms with E-state index >= 15 is 0 Å². The summed E-state index contributed by atoms with van der Waals surface area (Å²) in [5, 5.41) is 0.479. The maximum atomic E-state index is 13.2. The molecule has 0 radical (unpaired) electrons. The van der Waals surface area contributed by atoms with E-state index in [0.29, 0.717) is 18.1 Å². The number of nitrogens with zero attached hydrogens (tertiary/aromatic N) is 3. The van der Waals surface area contributed by atoms with Crippen molar-refractivity contribution in [3.63, 3.8) is 0 Å². The Balaban J connectivity index is 1.70. The molecule has 0 amide bonds. The topological polar surface area (TPSA) is 63.2 Å². The van der Waals surface area contributed by atoms with E-state index in [2.05, 4.69) is 4.98 Å². The number of aryl methyl sites for hydroxylation is 3. The van der Waals surface area contributed by atoms with Crippen molar-refractivity contribution >= 4 is 21.6 Å². The Morgan fingerprint density at radius 1 is 1.23 bits per heavy atom. The first-order chi connectivity index (χ1) is 12.3. The van der Waals surface area contributed by atoms with Gasteiger partial charge in [-0.05, 0) is 62.8 Å². The summed E-state index contributed by atoms with van der Waals surface area (Å²) >= 11 is 6.16. The molecule has 4 rings (SSSR count). The third-order valence-electron chi connectivity index (χ3n) is 5.68. The van der Waals surface area contributed by atoms with Gasteiger partial charge < -0.3 is 0 Å². The highest BCUT2D eigenvalue weighted by Gasteiger charge is 2.46. The first kappa shape index (κ1) is 17.9. The molecular weight excluding hydrogens is 370 g/mol. The third kappa shape index (κ3) is 2.84. The fourth-order valence-electron chi connectivity index (χ4n) is 4.20. The molecule has 1 saturated heterocycles. The number of aromatic nitrogens is 2. The standard InChI is InChI=1S/C19H22ClN3O2S/c1-13-4-5-16(10-17(13)20)26(24,25)23-9-3-7-19(12-23)8-6-15-11-21-14(2)22-18(15)19/h4-5,10-11H,3,6-9,12H2,1-2H3. The number of fused-ring (bicyclic) bond motifs is 2. The lowest BCUT2D eigenvalue weighted by Crippen LogP contribution is -2.47. The number of piperidine rings is 1. The van der Waals surface area contributed by atoms with E-state index < -0.39 is 10.0 Å². The predicted molar refractivity (Wildman–Crippen MR) is 101 cm³/mol. The number of hydrogen-bond donors (Lipinski definition) is 0. The lowest BCUT2D eigenvalue weighted by Gasteiger charge is -2.39. The first-order valence-corrected chi connectivity index (χ1v) is 10.7. The van der Waals surface area contributed by atoms with Crippen molar-refractivity contribution in [3.8, 4) is 0 Å². The summed E-state index contributed by atoms with van der Waals surface area (Å²) in [4.78, 5) is 9.26. The van der Waals surface area contributed by atoms with Gasteiger partial charge in [-0.1, -0.05) is 17.7 Å². The lowest BCUT2D eigenvalue weighted by molar-refractivity contribution is 0.219. The quantitative estimate of drug-likeness (QED) is 0.786. The monoisotopic (exact) mass is 391 g/mol. The maximum absolute atomic E-state index is 13.2. The fourth-order valence-corrected chi connectivity index (χ4v) is 6.04. The zero-order valence-electron chi connectivity index (χ0n) is 15.0. The average Bonchev–Trinajstić information content (AvgIpc) is 2.95. The molecule has 0 saturated carbocycles. The van der Waals surface area contributed by atoms with Gasteiger partial charge in [0.25, 0.3) is 0 Å². The Morgan fingerprint density at radius 3 is 2.81 bits per heavy atom. The molecule has 26 heavy (non-hydrogen) atoms. The highest BCUT2D eigenvalue weighted by Crippen LogP contribution is 2.44. The second-order valence-electron chi connectivity index (χ2n) is 7.42. The molecule has 1 aromatic heterocycles. The molecule has 5 nitrogen and oxygen atoms in total. The minimum atomic E-state index is -3.57. The Bertz CT molecular complexity index is 973. The molecule has 138 valence electrons. The normalized spacial score (nSPS) is 23.3. The van der Waals surface area contributed by atoms with Gasteiger partial charge in [0.1, 0.15) is 5.82 Å². The number of benzene rings is 1. The molecule has 1 aromatic carbocycles. The molecule has 2 heterocycles. The summed E-state index contributed by atoms with van der Waals surface area (Å²) in [6.07, 6.45) is 5.55. The summed E-state index contributed by atoms with van der Waals surface area (Å²) in [7, 11) is -3.57. The fraction of sp³-hybridized carbons (Fsp3) is 0.474. The van der Waals surface area contributed by atoms with Gasteiger partial charge in [0, 0.05) is 29.7 Å². The van der Waals surface area contributed by atoms with Crippen LogP contribution in [0, 0.1) is 13.8 Å². The van der Waals surface area contributed by atoms with Crippen molar-refractivity contribution in [2.45, 2.75) is 49.8 Å². The van der Waals surface area contributed by atoms with Gasteiger partial charge in [-0.3, -0.25) is 0 Å². The minimum Gasteiger partial charge on any atom is -0.241 e. The van der Waals surface area contributed by atoms with Crippen molar-refractivity contribution in [2.75, 3.05) is 13.1 Å². The van der Waals surface area contributed by atoms with Crippen molar-refractivity contribution in [1.82, 2.24) is 14.3 Å². The van der Waals surface area contributed by atoms with Crippen LogP contribution >= 0.6 is 11.6 Å². The molecule has 1 unspecified atom stereocenters. The molecule has 7 heteroatoms. The van der Waals surface area contributed by atoms with Crippen molar-refractivity contribution in [1.29, 1.82) is 0 Å². The van der Waals surface area contributed by atoms with Crippen LogP contribution in [0.5, 0.6) is 0 Å². The van der Waals surface area contributed by atoms with Gasteiger partial charge in [-0.15, -0.1) is 0 Å². The van der Waals surface area contributed by atoms with Gasteiger partial charge in [-0.25, -0.2) is 18.4 Å². The number of sulfonamides is 1. The van der Waals surface area contributed by atoms with Crippen LogP contribution in [0.2, 0.25) is 5.02 Å². The smallest absolute Gasteiger partial charge is 0.241 e. The number of halogens is 1. The second-order valence-corrected chi connectivity index (χ2v) is 9.77. The van der Waals surface area contributed by atoms with Crippen molar-refractivity contribution in [2.24, 2.45) is 0 Å². The zero-order valence-corrected chi connectivity index (χ0v) is 16.6. The van der Waals surface area contributed by atoms with Gasteiger partial charge in [0.05, 0.1) is 10.6 Å². The molecule has 0 bridgehead atoms. The molecule has 2 aromatic rings. The molecular formula is C19H22ClN3O2S. The SMILES string of the molecule is Cc1ncc2c(n1)C1(CCCN(S(=O)(=O)c3ccc(C)c(Cl)c3)C1)CC2. The van der Waals surface area contributed by atoms with Gasteiger partial charge in [-0.2, -0.15) is 4.31 Å². The lowest BCUT2D eigenvalue weighted by atomic mass is 9.78. The summed E-state index contributed by atoms with van der Waals surface area (Å²) in [5.74, 6) is 0.746. The molecule has 1 spiro atoms. The summed E-state index contributed by atoms with van der Waals surface area (Å²) in [6, 6.07) is 4.96. The van der Waals surface area contributed by atoms with Crippen LogP contribution in [-0.4, -0.2) is 35.8 Å². The van der Waals surface area contributed by atoms with Crippen LogP contribution in [0.25, 0.3) is 0 Å². The Hall–Kier alpha value is -1.50. The number of rotatable bonds is 2.